The van der Waals surface area contributed by atoms with Crippen LogP contribution in [-0.4, -0.2) is 36.8 Å². The SMILES string of the molecule is CCNC(=O)NC(=O)COC(=O)CSc1ccc2ccccc2c1. The average molecular weight is 346 g/mol. The molecule has 2 N–H and O–H groups in total. The summed E-state index contributed by atoms with van der Waals surface area (Å²) in [5.41, 5.74) is 0. The zero-order chi connectivity index (χ0) is 17.4. The second-order valence-electron chi connectivity index (χ2n) is 4.87. The molecular formula is C17H18N2O4S. The van der Waals surface area contributed by atoms with Gasteiger partial charge in [-0.05, 0) is 29.8 Å². The van der Waals surface area contributed by atoms with E-state index < -0.39 is 24.5 Å². The van der Waals surface area contributed by atoms with E-state index in [-0.39, 0.29) is 5.75 Å². The smallest absolute Gasteiger partial charge is 0.321 e. The molecule has 2 rings (SSSR count). The highest BCUT2D eigenvalue weighted by molar-refractivity contribution is 8.00. The van der Waals surface area contributed by atoms with Crippen molar-refractivity contribution in [1.29, 1.82) is 0 Å². The van der Waals surface area contributed by atoms with E-state index >= 15 is 0 Å². The number of benzene rings is 2. The van der Waals surface area contributed by atoms with Crippen molar-refractivity contribution in [3.05, 3.63) is 42.5 Å². The minimum absolute atomic E-state index is 0.0901. The molecule has 0 aliphatic carbocycles. The number of nitrogens with one attached hydrogen (secondary N) is 2. The zero-order valence-corrected chi connectivity index (χ0v) is 14.0. The zero-order valence-electron chi connectivity index (χ0n) is 13.2. The van der Waals surface area contributed by atoms with Gasteiger partial charge in [-0.3, -0.25) is 14.9 Å². The van der Waals surface area contributed by atoms with Crippen LogP contribution in [0, 0.1) is 0 Å². The van der Waals surface area contributed by atoms with Gasteiger partial charge in [0, 0.05) is 11.4 Å². The Bertz CT molecular complexity index is 748. The summed E-state index contributed by atoms with van der Waals surface area (Å²) >= 11 is 1.33. The van der Waals surface area contributed by atoms with Crippen LogP contribution in [0.15, 0.2) is 47.4 Å². The largest absolute Gasteiger partial charge is 0.455 e. The van der Waals surface area contributed by atoms with Gasteiger partial charge < -0.3 is 10.1 Å². The fraction of sp³-hybridized carbons (Fsp3) is 0.235. The maximum atomic E-state index is 11.7. The summed E-state index contributed by atoms with van der Waals surface area (Å²) in [5.74, 6) is -1.09. The third kappa shape index (κ3) is 5.58. The van der Waals surface area contributed by atoms with E-state index in [9.17, 15) is 14.4 Å². The van der Waals surface area contributed by atoms with Crippen molar-refractivity contribution in [3.8, 4) is 0 Å². The molecule has 0 saturated carbocycles. The van der Waals surface area contributed by atoms with Crippen LogP contribution in [0.1, 0.15) is 6.92 Å². The number of hydrogen-bond donors (Lipinski definition) is 2. The van der Waals surface area contributed by atoms with Crippen LogP contribution >= 0.6 is 11.8 Å². The van der Waals surface area contributed by atoms with Gasteiger partial charge in [0.25, 0.3) is 5.91 Å². The Morgan fingerprint density at radius 3 is 2.58 bits per heavy atom. The average Bonchev–Trinajstić information content (AvgIpc) is 2.58. The van der Waals surface area contributed by atoms with Crippen LogP contribution in [0.4, 0.5) is 4.79 Å². The van der Waals surface area contributed by atoms with Crippen molar-refractivity contribution in [2.45, 2.75) is 11.8 Å². The van der Waals surface area contributed by atoms with Crippen LogP contribution in [-0.2, 0) is 14.3 Å². The Kier molecular flexibility index (Phi) is 6.62. The van der Waals surface area contributed by atoms with Crippen molar-refractivity contribution in [2.75, 3.05) is 18.9 Å². The fourth-order valence-corrected chi connectivity index (χ4v) is 2.70. The van der Waals surface area contributed by atoms with E-state index in [0.717, 1.165) is 15.7 Å². The molecule has 0 atom stereocenters. The molecule has 0 aliphatic heterocycles. The molecule has 2 aromatic rings. The van der Waals surface area contributed by atoms with Gasteiger partial charge >= 0.3 is 12.0 Å². The highest BCUT2D eigenvalue weighted by Gasteiger charge is 2.10. The second-order valence-corrected chi connectivity index (χ2v) is 5.91. The van der Waals surface area contributed by atoms with Crippen LogP contribution < -0.4 is 10.6 Å². The molecule has 0 fully saturated rings. The van der Waals surface area contributed by atoms with E-state index in [1.54, 1.807) is 6.92 Å². The number of carbonyl (C=O) groups excluding carboxylic acids is 3. The highest BCUT2D eigenvalue weighted by atomic mass is 32.2. The van der Waals surface area contributed by atoms with Gasteiger partial charge in [-0.15, -0.1) is 11.8 Å². The standard InChI is InChI=1S/C17H18N2O4S/c1-2-18-17(22)19-15(20)10-23-16(21)11-24-14-8-7-12-5-3-4-6-13(12)9-14/h3-9H,2,10-11H2,1H3,(H2,18,19,20,22). The monoisotopic (exact) mass is 346 g/mol. The normalized spacial score (nSPS) is 10.2. The predicted octanol–water partition coefficient (Wildman–Crippen LogP) is 2.32. The van der Waals surface area contributed by atoms with Crippen LogP contribution in [0.3, 0.4) is 0 Å². The molecule has 0 aromatic heterocycles. The fourth-order valence-electron chi connectivity index (χ4n) is 1.95. The number of ether oxygens (including phenoxy) is 1. The first-order chi connectivity index (χ1) is 11.6. The van der Waals surface area contributed by atoms with E-state index in [2.05, 4.69) is 10.6 Å². The summed E-state index contributed by atoms with van der Waals surface area (Å²) < 4.78 is 4.84. The number of imide groups is 1. The quantitative estimate of drug-likeness (QED) is 0.619. The molecule has 0 aliphatic rings. The van der Waals surface area contributed by atoms with Crippen molar-refractivity contribution < 1.29 is 19.1 Å². The lowest BCUT2D eigenvalue weighted by atomic mass is 10.1. The van der Waals surface area contributed by atoms with Gasteiger partial charge in [0.15, 0.2) is 6.61 Å². The lowest BCUT2D eigenvalue weighted by Gasteiger charge is -2.06. The summed E-state index contributed by atoms with van der Waals surface area (Å²) in [6.45, 7) is 1.66. The van der Waals surface area contributed by atoms with Gasteiger partial charge in [-0.25, -0.2) is 4.79 Å². The first-order valence-corrected chi connectivity index (χ1v) is 8.42. The summed E-state index contributed by atoms with van der Waals surface area (Å²) in [6, 6.07) is 13.3. The Morgan fingerprint density at radius 2 is 1.83 bits per heavy atom. The summed E-state index contributed by atoms with van der Waals surface area (Å²) in [7, 11) is 0. The predicted molar refractivity (Wildman–Crippen MR) is 92.8 cm³/mol. The Morgan fingerprint density at radius 1 is 1.08 bits per heavy atom. The maximum absolute atomic E-state index is 11.7. The van der Waals surface area contributed by atoms with Gasteiger partial charge in [-0.1, -0.05) is 30.3 Å². The van der Waals surface area contributed by atoms with Crippen molar-refractivity contribution in [3.63, 3.8) is 0 Å². The summed E-state index contributed by atoms with van der Waals surface area (Å²) in [6.07, 6.45) is 0. The van der Waals surface area contributed by atoms with Crippen LogP contribution in [0.25, 0.3) is 10.8 Å². The molecule has 24 heavy (non-hydrogen) atoms. The third-order valence-corrected chi connectivity index (χ3v) is 4.00. The number of esters is 1. The molecular weight excluding hydrogens is 328 g/mol. The molecule has 6 nitrogen and oxygen atoms in total. The topological polar surface area (TPSA) is 84.5 Å². The Labute approximate surface area is 143 Å². The lowest BCUT2D eigenvalue weighted by molar-refractivity contribution is -0.145. The molecule has 0 bridgehead atoms. The minimum atomic E-state index is -0.662. The number of carbonyl (C=O) groups is 3. The third-order valence-electron chi connectivity index (χ3n) is 3.03. The van der Waals surface area contributed by atoms with Gasteiger partial charge in [0.05, 0.1) is 5.75 Å². The molecule has 126 valence electrons. The van der Waals surface area contributed by atoms with Gasteiger partial charge in [-0.2, -0.15) is 0 Å². The van der Waals surface area contributed by atoms with E-state index in [1.165, 1.54) is 11.8 Å². The molecule has 7 heteroatoms. The summed E-state index contributed by atoms with van der Waals surface area (Å²) in [5, 5.41) is 6.69. The summed E-state index contributed by atoms with van der Waals surface area (Å²) in [4.78, 5) is 35.1. The Balaban J connectivity index is 1.76. The molecule has 2 aromatic carbocycles. The molecule has 0 saturated heterocycles. The van der Waals surface area contributed by atoms with Crippen LogP contribution in [0.2, 0.25) is 0 Å². The number of fused-ring (bicyclic) bond motifs is 1. The minimum Gasteiger partial charge on any atom is -0.455 e. The van der Waals surface area contributed by atoms with E-state index in [0.29, 0.717) is 6.54 Å². The molecule has 0 unspecified atom stereocenters. The second kappa shape index (κ2) is 8.93. The Hall–Kier alpha value is -2.54. The molecule has 0 heterocycles. The van der Waals surface area contributed by atoms with E-state index in [4.69, 9.17) is 4.74 Å². The van der Waals surface area contributed by atoms with Crippen molar-refractivity contribution in [1.82, 2.24) is 10.6 Å². The van der Waals surface area contributed by atoms with Gasteiger partial charge in [0.1, 0.15) is 0 Å². The number of urea groups is 1. The van der Waals surface area contributed by atoms with Gasteiger partial charge in [0.2, 0.25) is 0 Å². The first kappa shape index (κ1) is 17.8. The van der Waals surface area contributed by atoms with Crippen molar-refractivity contribution >= 4 is 40.4 Å². The number of amides is 3. The van der Waals surface area contributed by atoms with Crippen LogP contribution in [0.5, 0.6) is 0 Å². The first-order valence-electron chi connectivity index (χ1n) is 7.43. The van der Waals surface area contributed by atoms with Crippen molar-refractivity contribution in [2.24, 2.45) is 0 Å². The number of thioether (sulfide) groups is 1. The van der Waals surface area contributed by atoms with E-state index in [1.807, 2.05) is 42.5 Å². The maximum Gasteiger partial charge on any atom is 0.321 e. The molecule has 0 spiro atoms. The number of hydrogen-bond acceptors (Lipinski definition) is 5. The number of rotatable bonds is 6. The highest BCUT2D eigenvalue weighted by Crippen LogP contribution is 2.23. The molecule has 0 radical (unpaired) electrons. The molecule has 3 amide bonds. The lowest BCUT2D eigenvalue weighted by Crippen LogP contribution is -2.41.